The fraction of sp³-hybridized carbons (Fsp3) is 0.259. The summed E-state index contributed by atoms with van der Waals surface area (Å²) >= 11 is 0. The topological polar surface area (TPSA) is 81.2 Å². The van der Waals surface area contributed by atoms with Crippen LogP contribution in [0.2, 0.25) is 0 Å². The van der Waals surface area contributed by atoms with E-state index in [1.165, 1.54) is 12.1 Å². The Labute approximate surface area is 207 Å². The molecular formula is C27H26FN3O5. The molecule has 186 valence electrons. The number of nitrogens with zero attached hydrogens (tertiary/aromatic N) is 3. The van der Waals surface area contributed by atoms with E-state index < -0.39 is 0 Å². The zero-order valence-electron chi connectivity index (χ0n) is 19.9. The number of carbonyl (C=O) groups is 1. The molecule has 0 saturated carbocycles. The number of furan rings is 1. The van der Waals surface area contributed by atoms with Gasteiger partial charge in [-0.05, 0) is 54.6 Å². The first-order valence-corrected chi connectivity index (χ1v) is 11.7. The zero-order valence-corrected chi connectivity index (χ0v) is 19.9. The Balaban J connectivity index is 1.55. The Bertz CT molecular complexity index is 1300. The second kappa shape index (κ2) is 10.7. The number of carbonyl (C=O) groups excluding carboxylic acids is 1. The smallest absolute Gasteiger partial charge is 0.254 e. The summed E-state index contributed by atoms with van der Waals surface area (Å²) in [5.74, 6) is 1.25. The highest BCUT2D eigenvalue weighted by Crippen LogP contribution is 2.34. The van der Waals surface area contributed by atoms with E-state index in [0.29, 0.717) is 60.5 Å². The van der Waals surface area contributed by atoms with E-state index in [-0.39, 0.29) is 24.8 Å². The van der Waals surface area contributed by atoms with Crippen LogP contribution in [0, 0.1) is 5.82 Å². The van der Waals surface area contributed by atoms with Crippen molar-refractivity contribution in [3.8, 4) is 17.0 Å². The number of anilines is 1. The molecule has 2 aromatic heterocycles. The SMILES string of the molecule is COc1cccc(C(=O)N(Cc2ccco2)Cc2c(-c3ccc(F)cc3)noc2N2CCOCC2)c1. The van der Waals surface area contributed by atoms with Crippen LogP contribution in [0.4, 0.5) is 10.3 Å². The number of ether oxygens (including phenoxy) is 2. The maximum absolute atomic E-state index is 13.7. The van der Waals surface area contributed by atoms with Crippen LogP contribution in [0.5, 0.6) is 5.75 Å². The summed E-state index contributed by atoms with van der Waals surface area (Å²) in [5.41, 5.74) is 2.46. The molecule has 0 radical (unpaired) electrons. The molecule has 1 amide bonds. The van der Waals surface area contributed by atoms with E-state index in [9.17, 15) is 9.18 Å². The Morgan fingerprint density at radius 1 is 1.08 bits per heavy atom. The molecule has 1 fully saturated rings. The number of amides is 1. The minimum atomic E-state index is -0.343. The fourth-order valence-electron chi connectivity index (χ4n) is 4.21. The van der Waals surface area contributed by atoms with E-state index in [1.54, 1.807) is 60.7 Å². The summed E-state index contributed by atoms with van der Waals surface area (Å²) < 4.78 is 35.8. The molecule has 0 atom stereocenters. The minimum absolute atomic E-state index is 0.194. The number of aromatic nitrogens is 1. The molecule has 8 nitrogen and oxygen atoms in total. The van der Waals surface area contributed by atoms with Gasteiger partial charge >= 0.3 is 0 Å². The lowest BCUT2D eigenvalue weighted by Gasteiger charge is -2.28. The third-order valence-electron chi connectivity index (χ3n) is 6.06. The second-order valence-electron chi connectivity index (χ2n) is 8.39. The summed E-state index contributed by atoms with van der Waals surface area (Å²) in [6.45, 7) is 2.81. The number of benzene rings is 2. The van der Waals surface area contributed by atoms with Crippen LogP contribution in [0.1, 0.15) is 21.7 Å². The molecule has 0 spiro atoms. The molecule has 3 heterocycles. The van der Waals surface area contributed by atoms with Crippen molar-refractivity contribution in [3.05, 3.63) is 89.6 Å². The first kappa shape index (κ1) is 23.6. The van der Waals surface area contributed by atoms with E-state index >= 15 is 0 Å². The molecule has 0 N–H and O–H groups in total. The van der Waals surface area contributed by atoms with Crippen molar-refractivity contribution in [1.82, 2.24) is 10.1 Å². The normalized spacial score (nSPS) is 13.6. The number of halogens is 1. The molecule has 36 heavy (non-hydrogen) atoms. The van der Waals surface area contributed by atoms with E-state index in [2.05, 4.69) is 10.1 Å². The highest BCUT2D eigenvalue weighted by molar-refractivity contribution is 5.94. The van der Waals surface area contributed by atoms with Gasteiger partial charge in [-0.3, -0.25) is 4.79 Å². The van der Waals surface area contributed by atoms with Gasteiger partial charge in [0.2, 0.25) is 5.88 Å². The molecule has 9 heteroatoms. The highest BCUT2D eigenvalue weighted by atomic mass is 19.1. The van der Waals surface area contributed by atoms with Gasteiger partial charge in [0, 0.05) is 24.2 Å². The Kier molecular flexibility index (Phi) is 6.99. The number of hydrogen-bond donors (Lipinski definition) is 0. The highest BCUT2D eigenvalue weighted by Gasteiger charge is 2.28. The minimum Gasteiger partial charge on any atom is -0.497 e. The third-order valence-corrected chi connectivity index (χ3v) is 6.06. The van der Waals surface area contributed by atoms with Gasteiger partial charge in [0.1, 0.15) is 23.0 Å². The summed E-state index contributed by atoms with van der Waals surface area (Å²) in [5, 5.41) is 4.34. The van der Waals surface area contributed by atoms with Gasteiger partial charge < -0.3 is 28.2 Å². The molecule has 4 aromatic rings. The summed E-state index contributed by atoms with van der Waals surface area (Å²) in [6.07, 6.45) is 1.58. The van der Waals surface area contributed by atoms with Crippen LogP contribution >= 0.6 is 0 Å². The van der Waals surface area contributed by atoms with Gasteiger partial charge in [-0.2, -0.15) is 0 Å². The van der Waals surface area contributed by atoms with E-state index in [0.717, 1.165) is 5.56 Å². The molecule has 2 aromatic carbocycles. The third kappa shape index (κ3) is 5.11. The number of methoxy groups -OCH3 is 1. The number of morpholine rings is 1. The van der Waals surface area contributed by atoms with Crippen molar-refractivity contribution < 1.29 is 27.6 Å². The van der Waals surface area contributed by atoms with Crippen LogP contribution in [-0.4, -0.2) is 49.4 Å². The quantitative estimate of drug-likeness (QED) is 0.351. The predicted molar refractivity (Wildman–Crippen MR) is 130 cm³/mol. The van der Waals surface area contributed by atoms with Crippen molar-refractivity contribution in [2.45, 2.75) is 13.1 Å². The van der Waals surface area contributed by atoms with Crippen LogP contribution < -0.4 is 9.64 Å². The molecule has 1 saturated heterocycles. The monoisotopic (exact) mass is 491 g/mol. The summed E-state index contributed by atoms with van der Waals surface area (Å²) in [4.78, 5) is 17.5. The average Bonchev–Trinajstić information content (AvgIpc) is 3.59. The summed E-state index contributed by atoms with van der Waals surface area (Å²) in [7, 11) is 1.56. The molecule has 0 aliphatic carbocycles. The fourth-order valence-corrected chi connectivity index (χ4v) is 4.21. The van der Waals surface area contributed by atoms with E-state index in [4.69, 9.17) is 18.4 Å². The standard InChI is InChI=1S/C27H26FN3O5/c1-33-22-5-2-4-20(16-22)26(32)31(17-23-6-3-13-35-23)18-24-25(19-7-9-21(28)10-8-19)29-36-27(24)30-11-14-34-15-12-30/h2-10,13,16H,11-12,14-15,17-18H2,1H3. The molecule has 0 bridgehead atoms. The number of hydrogen-bond acceptors (Lipinski definition) is 7. The Hall–Kier alpha value is -4.11. The zero-order chi connectivity index (χ0) is 24.9. The van der Waals surface area contributed by atoms with Gasteiger partial charge in [0.25, 0.3) is 5.91 Å². The lowest BCUT2D eigenvalue weighted by Crippen LogP contribution is -2.37. The lowest BCUT2D eigenvalue weighted by molar-refractivity contribution is 0.0717. The first-order chi connectivity index (χ1) is 17.6. The van der Waals surface area contributed by atoms with Gasteiger partial charge in [0.05, 0.1) is 45.2 Å². The first-order valence-electron chi connectivity index (χ1n) is 11.7. The van der Waals surface area contributed by atoms with Crippen LogP contribution in [-0.2, 0) is 17.8 Å². The maximum Gasteiger partial charge on any atom is 0.254 e. The summed E-state index contributed by atoms with van der Waals surface area (Å²) in [6, 6.07) is 16.7. The van der Waals surface area contributed by atoms with Gasteiger partial charge in [0.15, 0.2) is 0 Å². The van der Waals surface area contributed by atoms with Crippen molar-refractivity contribution in [3.63, 3.8) is 0 Å². The van der Waals surface area contributed by atoms with Gasteiger partial charge in [-0.15, -0.1) is 0 Å². The lowest BCUT2D eigenvalue weighted by atomic mass is 10.1. The second-order valence-corrected chi connectivity index (χ2v) is 8.39. The molecule has 0 unspecified atom stereocenters. The van der Waals surface area contributed by atoms with Crippen LogP contribution in [0.3, 0.4) is 0 Å². The van der Waals surface area contributed by atoms with Crippen molar-refractivity contribution >= 4 is 11.8 Å². The van der Waals surface area contributed by atoms with Crippen molar-refractivity contribution in [2.75, 3.05) is 38.3 Å². The maximum atomic E-state index is 13.7. The molecule has 1 aliphatic rings. The Morgan fingerprint density at radius 2 is 1.89 bits per heavy atom. The number of rotatable bonds is 8. The van der Waals surface area contributed by atoms with Crippen molar-refractivity contribution in [2.24, 2.45) is 0 Å². The van der Waals surface area contributed by atoms with Gasteiger partial charge in [-0.1, -0.05) is 11.2 Å². The largest absolute Gasteiger partial charge is 0.497 e. The average molecular weight is 492 g/mol. The molecule has 5 rings (SSSR count). The van der Waals surface area contributed by atoms with Gasteiger partial charge in [-0.25, -0.2) is 4.39 Å². The van der Waals surface area contributed by atoms with Crippen LogP contribution in [0.25, 0.3) is 11.3 Å². The Morgan fingerprint density at radius 3 is 2.61 bits per heavy atom. The predicted octanol–water partition coefficient (Wildman–Crippen LogP) is 4.76. The van der Waals surface area contributed by atoms with Crippen LogP contribution in [0.15, 0.2) is 75.9 Å². The van der Waals surface area contributed by atoms with E-state index in [1.807, 2.05) is 6.07 Å². The van der Waals surface area contributed by atoms with Crippen molar-refractivity contribution in [1.29, 1.82) is 0 Å². The molecular weight excluding hydrogens is 465 g/mol. The molecule has 1 aliphatic heterocycles.